The summed E-state index contributed by atoms with van der Waals surface area (Å²) in [6.07, 6.45) is 1.81. The summed E-state index contributed by atoms with van der Waals surface area (Å²) < 4.78 is 10.6. The van der Waals surface area contributed by atoms with Crippen LogP contribution in [0, 0.1) is 0 Å². The lowest BCUT2D eigenvalue weighted by atomic mass is 9.88. The molecule has 5 nitrogen and oxygen atoms in total. The summed E-state index contributed by atoms with van der Waals surface area (Å²) in [5.41, 5.74) is 5.12. The second kappa shape index (κ2) is 11.0. The lowest BCUT2D eigenvalue weighted by molar-refractivity contribution is -0.122. The summed E-state index contributed by atoms with van der Waals surface area (Å²) in [5.74, 6) is 1.92. The number of rotatable bonds is 9. The van der Waals surface area contributed by atoms with Gasteiger partial charge in [0, 0.05) is 25.6 Å². The van der Waals surface area contributed by atoms with Crippen LogP contribution in [0.3, 0.4) is 0 Å². The lowest BCUT2D eigenvalue weighted by Crippen LogP contribution is -2.40. The third-order valence-electron chi connectivity index (χ3n) is 6.37. The van der Waals surface area contributed by atoms with Crippen molar-refractivity contribution >= 4 is 5.91 Å². The van der Waals surface area contributed by atoms with Gasteiger partial charge in [-0.25, -0.2) is 0 Å². The highest BCUT2D eigenvalue weighted by Gasteiger charge is 2.19. The quantitative estimate of drug-likeness (QED) is 0.532. The molecule has 0 saturated heterocycles. The zero-order valence-electron chi connectivity index (χ0n) is 19.4. The van der Waals surface area contributed by atoms with Gasteiger partial charge in [0.1, 0.15) is 11.5 Å². The van der Waals surface area contributed by atoms with Gasteiger partial charge in [-0.1, -0.05) is 48.5 Å². The van der Waals surface area contributed by atoms with E-state index in [1.807, 2.05) is 24.3 Å². The Kier molecular flexibility index (Phi) is 7.63. The van der Waals surface area contributed by atoms with Crippen LogP contribution in [0.2, 0.25) is 0 Å². The predicted octanol–water partition coefficient (Wildman–Crippen LogP) is 4.40. The van der Waals surface area contributed by atoms with E-state index in [-0.39, 0.29) is 11.8 Å². The fraction of sp³-hybridized carbons (Fsp3) is 0.321. The van der Waals surface area contributed by atoms with E-state index < -0.39 is 0 Å². The molecule has 0 spiro atoms. The van der Waals surface area contributed by atoms with E-state index in [1.54, 1.807) is 14.2 Å². The molecule has 172 valence electrons. The van der Waals surface area contributed by atoms with Crippen molar-refractivity contribution in [1.29, 1.82) is 0 Å². The number of benzene rings is 3. The third-order valence-corrected chi connectivity index (χ3v) is 6.37. The topological polar surface area (TPSA) is 50.8 Å². The highest BCUT2D eigenvalue weighted by atomic mass is 16.5. The molecular formula is C28H32N2O3. The zero-order chi connectivity index (χ0) is 23.0. The zero-order valence-corrected chi connectivity index (χ0v) is 19.4. The van der Waals surface area contributed by atoms with Crippen LogP contribution in [-0.4, -0.2) is 44.7 Å². The molecule has 1 amide bonds. The molecule has 1 N–H and O–H groups in total. The standard InChI is InChI=1S/C28H32N2O3/c1-32-25-11-7-22(8-12-25)27(23-9-13-26(33-2)14-10-23)15-17-29-28(31)20-30-18-16-21-5-3-4-6-24(21)19-30/h3-14,27H,15-20H2,1-2H3,(H,29,31). The van der Waals surface area contributed by atoms with E-state index in [1.165, 1.54) is 22.3 Å². The van der Waals surface area contributed by atoms with Crippen LogP contribution < -0.4 is 14.8 Å². The first-order chi connectivity index (χ1) is 16.2. The van der Waals surface area contributed by atoms with Crippen molar-refractivity contribution < 1.29 is 14.3 Å². The highest BCUT2D eigenvalue weighted by molar-refractivity contribution is 5.78. The molecule has 33 heavy (non-hydrogen) atoms. The summed E-state index contributed by atoms with van der Waals surface area (Å²) >= 11 is 0. The van der Waals surface area contributed by atoms with Crippen LogP contribution in [0.5, 0.6) is 11.5 Å². The number of amides is 1. The summed E-state index contributed by atoms with van der Waals surface area (Å²) in [6, 6.07) is 24.8. The minimum absolute atomic E-state index is 0.0811. The Labute approximate surface area is 196 Å². The maximum absolute atomic E-state index is 12.7. The summed E-state index contributed by atoms with van der Waals surface area (Å²) in [7, 11) is 3.35. The SMILES string of the molecule is COc1ccc(C(CCNC(=O)CN2CCc3ccccc3C2)c2ccc(OC)cc2)cc1. The molecule has 1 aliphatic heterocycles. The molecule has 1 aliphatic rings. The fourth-order valence-corrected chi connectivity index (χ4v) is 4.50. The molecular weight excluding hydrogens is 412 g/mol. The monoisotopic (exact) mass is 444 g/mol. The summed E-state index contributed by atoms with van der Waals surface area (Å²) in [4.78, 5) is 14.9. The normalized spacial score (nSPS) is 13.4. The van der Waals surface area contributed by atoms with Crippen LogP contribution in [0.15, 0.2) is 72.8 Å². The van der Waals surface area contributed by atoms with Crippen molar-refractivity contribution in [2.45, 2.75) is 25.3 Å². The molecule has 1 heterocycles. The van der Waals surface area contributed by atoms with Gasteiger partial charge in [0.2, 0.25) is 5.91 Å². The van der Waals surface area contributed by atoms with Gasteiger partial charge in [-0.3, -0.25) is 9.69 Å². The van der Waals surface area contributed by atoms with Crippen LogP contribution in [0.4, 0.5) is 0 Å². The molecule has 5 heteroatoms. The third kappa shape index (κ3) is 5.93. The number of nitrogens with one attached hydrogen (secondary N) is 1. The van der Waals surface area contributed by atoms with Crippen molar-refractivity contribution in [3.8, 4) is 11.5 Å². The predicted molar refractivity (Wildman–Crippen MR) is 131 cm³/mol. The first-order valence-corrected chi connectivity index (χ1v) is 11.5. The van der Waals surface area contributed by atoms with Gasteiger partial charge in [-0.2, -0.15) is 0 Å². The smallest absolute Gasteiger partial charge is 0.234 e. The van der Waals surface area contributed by atoms with Crippen molar-refractivity contribution in [2.24, 2.45) is 0 Å². The van der Waals surface area contributed by atoms with Crippen LogP contribution in [-0.2, 0) is 17.8 Å². The number of carbonyl (C=O) groups excluding carboxylic acids is 1. The van der Waals surface area contributed by atoms with Gasteiger partial charge in [0.15, 0.2) is 0 Å². The Balaban J connectivity index is 1.36. The van der Waals surface area contributed by atoms with Crippen molar-refractivity contribution in [3.63, 3.8) is 0 Å². The van der Waals surface area contributed by atoms with E-state index in [2.05, 4.69) is 58.7 Å². The van der Waals surface area contributed by atoms with Gasteiger partial charge in [-0.15, -0.1) is 0 Å². The van der Waals surface area contributed by atoms with E-state index in [9.17, 15) is 4.79 Å². The van der Waals surface area contributed by atoms with E-state index in [4.69, 9.17) is 9.47 Å². The molecule has 0 saturated carbocycles. The van der Waals surface area contributed by atoms with Crippen LogP contribution >= 0.6 is 0 Å². The van der Waals surface area contributed by atoms with E-state index in [0.717, 1.165) is 37.4 Å². The molecule has 0 aliphatic carbocycles. The van der Waals surface area contributed by atoms with E-state index >= 15 is 0 Å². The number of hydrogen-bond acceptors (Lipinski definition) is 4. The lowest BCUT2D eigenvalue weighted by Gasteiger charge is -2.28. The van der Waals surface area contributed by atoms with Crippen LogP contribution in [0.25, 0.3) is 0 Å². The highest BCUT2D eigenvalue weighted by Crippen LogP contribution is 2.30. The number of carbonyl (C=O) groups is 1. The number of hydrogen-bond donors (Lipinski definition) is 1. The Morgan fingerprint density at radius 2 is 1.45 bits per heavy atom. The molecule has 0 bridgehead atoms. The van der Waals surface area contributed by atoms with Gasteiger partial charge in [0.25, 0.3) is 0 Å². The average Bonchev–Trinajstić information content (AvgIpc) is 2.87. The number of fused-ring (bicyclic) bond motifs is 1. The van der Waals surface area contributed by atoms with Crippen molar-refractivity contribution in [3.05, 3.63) is 95.1 Å². The van der Waals surface area contributed by atoms with Gasteiger partial charge in [0.05, 0.1) is 20.8 Å². The first kappa shape index (κ1) is 22.9. The minimum atomic E-state index is 0.0811. The number of nitrogens with zero attached hydrogens (tertiary/aromatic N) is 1. The van der Waals surface area contributed by atoms with Crippen molar-refractivity contribution in [2.75, 3.05) is 33.9 Å². The molecule has 0 fully saturated rings. The Morgan fingerprint density at radius 1 is 0.879 bits per heavy atom. The maximum atomic E-state index is 12.7. The van der Waals surface area contributed by atoms with Gasteiger partial charge >= 0.3 is 0 Å². The molecule has 0 unspecified atom stereocenters. The Hall–Kier alpha value is -3.31. The molecule has 4 rings (SSSR count). The molecule has 0 atom stereocenters. The average molecular weight is 445 g/mol. The molecule has 0 radical (unpaired) electrons. The molecule has 0 aromatic heterocycles. The van der Waals surface area contributed by atoms with Crippen molar-refractivity contribution in [1.82, 2.24) is 10.2 Å². The summed E-state index contributed by atoms with van der Waals surface area (Å²) in [5, 5.41) is 3.14. The largest absolute Gasteiger partial charge is 0.497 e. The van der Waals surface area contributed by atoms with Gasteiger partial charge < -0.3 is 14.8 Å². The maximum Gasteiger partial charge on any atom is 0.234 e. The summed E-state index contributed by atoms with van der Waals surface area (Å²) in [6.45, 7) is 2.81. The second-order valence-electron chi connectivity index (χ2n) is 8.47. The fourth-order valence-electron chi connectivity index (χ4n) is 4.50. The Bertz CT molecular complexity index is 1000. The minimum Gasteiger partial charge on any atom is -0.497 e. The van der Waals surface area contributed by atoms with Gasteiger partial charge in [-0.05, 0) is 59.4 Å². The van der Waals surface area contributed by atoms with E-state index in [0.29, 0.717) is 13.1 Å². The Morgan fingerprint density at radius 3 is 2.03 bits per heavy atom. The van der Waals surface area contributed by atoms with Crippen LogP contribution in [0.1, 0.15) is 34.6 Å². The molecule has 3 aromatic carbocycles. The molecule has 3 aromatic rings. The number of methoxy groups -OCH3 is 2. The second-order valence-corrected chi connectivity index (χ2v) is 8.47. The number of ether oxygens (including phenoxy) is 2. The first-order valence-electron chi connectivity index (χ1n) is 11.5.